The van der Waals surface area contributed by atoms with Gasteiger partial charge in [-0.25, -0.2) is 9.59 Å². The predicted molar refractivity (Wildman–Crippen MR) is 127 cm³/mol. The minimum absolute atomic E-state index is 0.0446. The molecule has 2 aromatic rings. The van der Waals surface area contributed by atoms with Crippen LogP contribution in [0.2, 0.25) is 0 Å². The van der Waals surface area contributed by atoms with E-state index < -0.39 is 61.1 Å². The number of benzene rings is 2. The van der Waals surface area contributed by atoms with E-state index in [-0.39, 0.29) is 12.8 Å². The van der Waals surface area contributed by atoms with Crippen LogP contribution in [0.4, 0.5) is 0 Å². The van der Waals surface area contributed by atoms with Gasteiger partial charge in [0.15, 0.2) is 12.6 Å². The highest BCUT2D eigenvalue weighted by Crippen LogP contribution is 2.31. The summed E-state index contributed by atoms with van der Waals surface area (Å²) >= 11 is 0. The molecule has 0 unspecified atom stereocenters. The molecule has 2 saturated heterocycles. The molecule has 0 radical (unpaired) electrons. The van der Waals surface area contributed by atoms with Crippen molar-refractivity contribution < 1.29 is 43.1 Å². The Hall–Kier alpha value is -2.82. The normalized spacial score (nSPS) is 32.4. The summed E-state index contributed by atoms with van der Waals surface area (Å²) in [4.78, 5) is 25.4. The number of carbonyl (C=O) groups excluding carboxylic acids is 2. The van der Waals surface area contributed by atoms with Crippen molar-refractivity contribution in [3.63, 3.8) is 0 Å². The van der Waals surface area contributed by atoms with Crippen LogP contribution in [0.3, 0.4) is 0 Å². The first-order valence-electron chi connectivity index (χ1n) is 12.0. The molecule has 0 aromatic heterocycles. The zero-order chi connectivity index (χ0) is 25.7. The van der Waals surface area contributed by atoms with Crippen LogP contribution in [-0.4, -0.2) is 73.4 Å². The first-order valence-corrected chi connectivity index (χ1v) is 12.0. The fraction of sp³-hybridized carbons (Fsp3) is 0.481. The molecule has 0 spiro atoms. The Morgan fingerprint density at radius 2 is 1.28 bits per heavy atom. The molecule has 0 amide bonds. The summed E-state index contributed by atoms with van der Waals surface area (Å²) < 4.78 is 34.9. The second kappa shape index (κ2) is 11.9. The molecule has 9 nitrogen and oxygen atoms in total. The Morgan fingerprint density at radius 3 is 1.81 bits per heavy atom. The standard InChI is InChI=1S/C27H32O9/c1-16-24(31-3)21(35-27(30)19-12-8-5-9-13-19)15-23(33-16)36-25-17(2)32-22(28)14-20(25)34-26(29)18-10-6-4-7-11-18/h4-13,16-17,20-25,28H,14-15H2,1-3H3/t16-,17-,20+,21+,22-,23+,24-,25-/m0/s1. The summed E-state index contributed by atoms with van der Waals surface area (Å²) in [6.07, 6.45) is -5.30. The number of ether oxygens (including phenoxy) is 6. The maximum Gasteiger partial charge on any atom is 0.338 e. The number of esters is 2. The molecule has 194 valence electrons. The van der Waals surface area contributed by atoms with Crippen LogP contribution < -0.4 is 0 Å². The van der Waals surface area contributed by atoms with Crippen molar-refractivity contribution in [2.75, 3.05) is 7.11 Å². The minimum Gasteiger partial charge on any atom is -0.456 e. The Morgan fingerprint density at radius 1 is 0.778 bits per heavy atom. The van der Waals surface area contributed by atoms with Gasteiger partial charge in [-0.05, 0) is 38.1 Å². The smallest absolute Gasteiger partial charge is 0.338 e. The monoisotopic (exact) mass is 500 g/mol. The fourth-order valence-corrected chi connectivity index (χ4v) is 4.61. The predicted octanol–water partition coefficient (Wildman–Crippen LogP) is 3.10. The van der Waals surface area contributed by atoms with Crippen LogP contribution in [0, 0.1) is 0 Å². The largest absolute Gasteiger partial charge is 0.456 e. The maximum atomic E-state index is 12.7. The van der Waals surface area contributed by atoms with Gasteiger partial charge in [0.1, 0.15) is 24.4 Å². The molecule has 36 heavy (non-hydrogen) atoms. The molecule has 2 aliphatic rings. The maximum absolute atomic E-state index is 12.7. The van der Waals surface area contributed by atoms with Crippen molar-refractivity contribution in [2.45, 2.75) is 75.9 Å². The van der Waals surface area contributed by atoms with Gasteiger partial charge >= 0.3 is 11.9 Å². The lowest BCUT2D eigenvalue weighted by molar-refractivity contribution is -0.307. The first-order chi connectivity index (χ1) is 17.4. The van der Waals surface area contributed by atoms with E-state index in [2.05, 4.69) is 0 Å². The van der Waals surface area contributed by atoms with Crippen LogP contribution in [-0.2, 0) is 28.4 Å². The van der Waals surface area contributed by atoms with E-state index in [1.807, 2.05) is 13.0 Å². The van der Waals surface area contributed by atoms with Crippen LogP contribution in [0.5, 0.6) is 0 Å². The van der Waals surface area contributed by atoms with Gasteiger partial charge in [0.25, 0.3) is 0 Å². The number of rotatable bonds is 7. The number of methoxy groups -OCH3 is 1. The molecule has 1 N–H and O–H groups in total. The van der Waals surface area contributed by atoms with Gasteiger partial charge in [-0.3, -0.25) is 0 Å². The van der Waals surface area contributed by atoms with Gasteiger partial charge in [-0.1, -0.05) is 36.4 Å². The van der Waals surface area contributed by atoms with Crippen molar-refractivity contribution in [1.29, 1.82) is 0 Å². The number of carbonyl (C=O) groups is 2. The molecule has 2 aromatic carbocycles. The summed E-state index contributed by atoms with van der Waals surface area (Å²) in [7, 11) is 1.53. The van der Waals surface area contributed by atoms with Gasteiger partial charge in [0, 0.05) is 20.0 Å². The highest BCUT2D eigenvalue weighted by atomic mass is 16.7. The van der Waals surface area contributed by atoms with Crippen LogP contribution in [0.1, 0.15) is 47.4 Å². The number of aliphatic hydroxyl groups excluding tert-OH is 1. The molecular weight excluding hydrogens is 468 g/mol. The van der Waals surface area contributed by atoms with Gasteiger partial charge in [0.05, 0.1) is 23.3 Å². The molecule has 0 saturated carbocycles. The number of hydrogen-bond acceptors (Lipinski definition) is 9. The average molecular weight is 501 g/mol. The zero-order valence-corrected chi connectivity index (χ0v) is 20.5. The van der Waals surface area contributed by atoms with Gasteiger partial charge < -0.3 is 33.5 Å². The molecule has 9 heteroatoms. The average Bonchev–Trinajstić information content (AvgIpc) is 2.87. The van der Waals surface area contributed by atoms with E-state index in [9.17, 15) is 14.7 Å². The van der Waals surface area contributed by atoms with Crippen molar-refractivity contribution in [3.8, 4) is 0 Å². The topological polar surface area (TPSA) is 110 Å². The zero-order valence-electron chi connectivity index (χ0n) is 20.5. The molecule has 0 bridgehead atoms. The van der Waals surface area contributed by atoms with E-state index in [1.165, 1.54) is 7.11 Å². The number of hydrogen-bond donors (Lipinski definition) is 1. The molecule has 0 aliphatic carbocycles. The first kappa shape index (κ1) is 26.2. The van der Waals surface area contributed by atoms with Gasteiger partial charge in [0.2, 0.25) is 0 Å². The van der Waals surface area contributed by atoms with Crippen molar-refractivity contribution in [2.24, 2.45) is 0 Å². The second-order valence-corrected chi connectivity index (χ2v) is 8.96. The third-order valence-corrected chi connectivity index (χ3v) is 6.37. The van der Waals surface area contributed by atoms with E-state index in [0.717, 1.165) is 0 Å². The van der Waals surface area contributed by atoms with Crippen molar-refractivity contribution in [3.05, 3.63) is 71.8 Å². The second-order valence-electron chi connectivity index (χ2n) is 8.96. The summed E-state index contributed by atoms with van der Waals surface area (Å²) in [5.74, 6) is -0.995. The molecule has 2 heterocycles. The lowest BCUT2D eigenvalue weighted by Gasteiger charge is -2.43. The fourth-order valence-electron chi connectivity index (χ4n) is 4.61. The third-order valence-electron chi connectivity index (χ3n) is 6.37. The van der Waals surface area contributed by atoms with Crippen molar-refractivity contribution >= 4 is 11.9 Å². The summed E-state index contributed by atoms with van der Waals surface area (Å²) in [5.41, 5.74) is 0.823. The van der Waals surface area contributed by atoms with E-state index in [4.69, 9.17) is 28.4 Å². The molecule has 4 rings (SSSR count). The summed E-state index contributed by atoms with van der Waals surface area (Å²) in [6, 6.07) is 17.3. The lowest BCUT2D eigenvalue weighted by atomic mass is 9.99. The van der Waals surface area contributed by atoms with E-state index in [1.54, 1.807) is 61.5 Å². The Bertz CT molecular complexity index is 999. The SMILES string of the molecule is CO[C@H]1[C@H](C)O[C@H](O[C@H]2[C@H](C)O[C@H](O)C[C@H]2OC(=O)c2ccccc2)C[C@H]1OC(=O)c1ccccc1. The highest BCUT2D eigenvalue weighted by Gasteiger charge is 2.45. The number of aliphatic hydroxyl groups is 1. The Labute approximate surface area is 210 Å². The summed E-state index contributed by atoms with van der Waals surface area (Å²) in [6.45, 7) is 3.54. The Kier molecular flexibility index (Phi) is 8.71. The molecular formula is C27H32O9. The lowest BCUT2D eigenvalue weighted by Crippen LogP contribution is -2.55. The van der Waals surface area contributed by atoms with Gasteiger partial charge in [-0.15, -0.1) is 0 Å². The minimum atomic E-state index is -1.10. The van der Waals surface area contributed by atoms with Crippen LogP contribution >= 0.6 is 0 Å². The van der Waals surface area contributed by atoms with Gasteiger partial charge in [-0.2, -0.15) is 0 Å². The van der Waals surface area contributed by atoms with E-state index >= 15 is 0 Å². The van der Waals surface area contributed by atoms with Crippen molar-refractivity contribution in [1.82, 2.24) is 0 Å². The summed E-state index contributed by atoms with van der Waals surface area (Å²) in [5, 5.41) is 10.1. The third kappa shape index (κ3) is 6.29. The highest BCUT2D eigenvalue weighted by molar-refractivity contribution is 5.89. The molecule has 2 aliphatic heterocycles. The molecule has 8 atom stereocenters. The Balaban J connectivity index is 1.46. The molecule has 2 fully saturated rings. The van der Waals surface area contributed by atoms with E-state index in [0.29, 0.717) is 11.1 Å². The van der Waals surface area contributed by atoms with Crippen LogP contribution in [0.25, 0.3) is 0 Å². The van der Waals surface area contributed by atoms with Crippen LogP contribution in [0.15, 0.2) is 60.7 Å². The quantitative estimate of drug-likeness (QED) is 0.574.